The summed E-state index contributed by atoms with van der Waals surface area (Å²) >= 11 is 0. The number of nitrogens with zero attached hydrogens (tertiary/aromatic N) is 1. The third-order valence-electron chi connectivity index (χ3n) is 3.62. The molecule has 0 aliphatic carbocycles. The van der Waals surface area contributed by atoms with E-state index in [-0.39, 0.29) is 18.0 Å². The van der Waals surface area contributed by atoms with Gasteiger partial charge < -0.3 is 4.74 Å². The zero-order valence-corrected chi connectivity index (χ0v) is 13.7. The number of hydrogen-bond donors (Lipinski definition) is 1. The summed E-state index contributed by atoms with van der Waals surface area (Å²) in [5.74, 6) is -1.04. The zero-order chi connectivity index (χ0) is 18.0. The van der Waals surface area contributed by atoms with Gasteiger partial charge in [-0.25, -0.2) is 26.7 Å². The molecule has 0 bridgehead atoms. The van der Waals surface area contributed by atoms with Gasteiger partial charge in [0.2, 0.25) is 10.0 Å². The Labute approximate surface area is 143 Å². The lowest BCUT2D eigenvalue weighted by Crippen LogP contribution is -2.34. The molecule has 1 atom stereocenters. The van der Waals surface area contributed by atoms with Gasteiger partial charge in [0.25, 0.3) is 0 Å². The van der Waals surface area contributed by atoms with E-state index in [1.165, 1.54) is 23.1 Å². The maximum Gasteiger partial charge on any atom is 0.414 e. The summed E-state index contributed by atoms with van der Waals surface area (Å²) in [6, 6.07) is 9.80. The molecule has 1 aliphatic rings. The summed E-state index contributed by atoms with van der Waals surface area (Å²) in [6.07, 6.45) is -1.41. The van der Waals surface area contributed by atoms with Crippen LogP contribution in [0.25, 0.3) is 0 Å². The Bertz CT molecular complexity index is 887. The predicted molar refractivity (Wildman–Crippen MR) is 85.6 cm³/mol. The number of nitrogens with one attached hydrogen (secondary N) is 1. The quantitative estimate of drug-likeness (QED) is 0.879. The van der Waals surface area contributed by atoms with Crippen LogP contribution in [0, 0.1) is 11.6 Å². The first-order valence-electron chi connectivity index (χ1n) is 7.34. The third-order valence-corrected chi connectivity index (χ3v) is 5.06. The second kappa shape index (κ2) is 6.77. The highest BCUT2D eigenvalue weighted by Crippen LogP contribution is 2.22. The van der Waals surface area contributed by atoms with E-state index < -0.39 is 33.9 Å². The standard InChI is InChI=1S/C16H14F2N2O4S/c17-11-4-6-15(7-5-11)25(22,23)19-9-14-10-20(16(21)24-14)13-3-1-2-12(18)8-13/h1-8,14,19H,9-10H2. The molecule has 1 fully saturated rings. The van der Waals surface area contributed by atoms with Crippen molar-refractivity contribution in [1.82, 2.24) is 4.72 Å². The number of benzene rings is 2. The highest BCUT2D eigenvalue weighted by atomic mass is 32.2. The Morgan fingerprint density at radius 1 is 1.12 bits per heavy atom. The van der Waals surface area contributed by atoms with Crippen LogP contribution in [0.4, 0.5) is 19.3 Å². The second-order valence-corrected chi connectivity index (χ2v) is 7.17. The molecule has 1 heterocycles. The Hall–Kier alpha value is -2.52. The maximum absolute atomic E-state index is 13.3. The van der Waals surface area contributed by atoms with E-state index in [9.17, 15) is 22.0 Å². The number of anilines is 1. The first-order valence-corrected chi connectivity index (χ1v) is 8.82. The zero-order valence-electron chi connectivity index (χ0n) is 12.9. The highest BCUT2D eigenvalue weighted by Gasteiger charge is 2.33. The van der Waals surface area contributed by atoms with Crippen LogP contribution in [0.5, 0.6) is 0 Å². The molecule has 9 heteroatoms. The highest BCUT2D eigenvalue weighted by molar-refractivity contribution is 7.89. The number of sulfonamides is 1. The van der Waals surface area contributed by atoms with Gasteiger partial charge >= 0.3 is 6.09 Å². The molecule has 0 aromatic heterocycles. The summed E-state index contributed by atoms with van der Waals surface area (Å²) < 4.78 is 57.8. The van der Waals surface area contributed by atoms with Crippen LogP contribution in [0.15, 0.2) is 53.4 Å². The van der Waals surface area contributed by atoms with E-state index in [4.69, 9.17) is 4.74 Å². The summed E-state index contributed by atoms with van der Waals surface area (Å²) in [5.41, 5.74) is 0.328. The van der Waals surface area contributed by atoms with Gasteiger partial charge in [-0.3, -0.25) is 4.90 Å². The van der Waals surface area contributed by atoms with E-state index in [0.717, 1.165) is 24.3 Å². The molecular formula is C16H14F2N2O4S. The van der Waals surface area contributed by atoms with Crippen LogP contribution < -0.4 is 9.62 Å². The minimum absolute atomic E-state index is 0.0776. The summed E-state index contributed by atoms with van der Waals surface area (Å²) in [4.78, 5) is 13.0. The molecule has 0 saturated carbocycles. The van der Waals surface area contributed by atoms with Gasteiger partial charge in [0.05, 0.1) is 17.1 Å². The van der Waals surface area contributed by atoms with Crippen molar-refractivity contribution in [2.75, 3.05) is 18.0 Å². The Balaban J connectivity index is 1.65. The fourth-order valence-corrected chi connectivity index (χ4v) is 3.45. The van der Waals surface area contributed by atoms with Crippen molar-refractivity contribution in [2.24, 2.45) is 0 Å². The Morgan fingerprint density at radius 2 is 1.84 bits per heavy atom. The third kappa shape index (κ3) is 3.94. The minimum atomic E-state index is -3.86. The van der Waals surface area contributed by atoms with Crippen molar-refractivity contribution in [3.63, 3.8) is 0 Å². The number of carbonyl (C=O) groups excluding carboxylic acids is 1. The number of hydrogen-bond acceptors (Lipinski definition) is 4. The molecule has 3 rings (SSSR count). The molecule has 1 unspecified atom stereocenters. The van der Waals surface area contributed by atoms with Crippen LogP contribution in [0.3, 0.4) is 0 Å². The van der Waals surface area contributed by atoms with Crippen LogP contribution in [-0.2, 0) is 14.8 Å². The lowest BCUT2D eigenvalue weighted by atomic mass is 10.2. The van der Waals surface area contributed by atoms with Crippen molar-refractivity contribution >= 4 is 21.8 Å². The number of ether oxygens (including phenoxy) is 1. The topological polar surface area (TPSA) is 75.7 Å². The first kappa shape index (κ1) is 17.3. The van der Waals surface area contributed by atoms with Gasteiger partial charge in [-0.2, -0.15) is 0 Å². The Kier molecular flexibility index (Phi) is 4.69. The fraction of sp³-hybridized carbons (Fsp3) is 0.188. The lowest BCUT2D eigenvalue weighted by molar-refractivity contribution is 0.143. The van der Waals surface area contributed by atoms with Crippen molar-refractivity contribution < 1.29 is 26.7 Å². The summed E-state index contributed by atoms with van der Waals surface area (Å²) in [6.45, 7) is -0.0779. The minimum Gasteiger partial charge on any atom is -0.443 e. The van der Waals surface area contributed by atoms with E-state index >= 15 is 0 Å². The van der Waals surface area contributed by atoms with Gasteiger partial charge in [-0.15, -0.1) is 0 Å². The number of cyclic esters (lactones) is 1. The average molecular weight is 368 g/mol. The first-order chi connectivity index (χ1) is 11.8. The molecular weight excluding hydrogens is 354 g/mol. The van der Waals surface area contributed by atoms with Crippen molar-refractivity contribution in [3.05, 3.63) is 60.2 Å². The number of rotatable bonds is 5. The smallest absolute Gasteiger partial charge is 0.414 e. The van der Waals surface area contributed by atoms with Gasteiger partial charge in [0.1, 0.15) is 17.7 Å². The van der Waals surface area contributed by atoms with Crippen LogP contribution in [0.2, 0.25) is 0 Å². The molecule has 1 N–H and O–H groups in total. The van der Waals surface area contributed by atoms with E-state index in [2.05, 4.69) is 4.72 Å². The predicted octanol–water partition coefficient (Wildman–Crippen LogP) is 2.27. The van der Waals surface area contributed by atoms with Crippen LogP contribution >= 0.6 is 0 Å². The molecule has 0 spiro atoms. The van der Waals surface area contributed by atoms with E-state index in [1.807, 2.05) is 0 Å². The van der Waals surface area contributed by atoms with E-state index in [1.54, 1.807) is 6.07 Å². The van der Waals surface area contributed by atoms with Crippen molar-refractivity contribution in [2.45, 2.75) is 11.0 Å². The van der Waals surface area contributed by atoms with Gasteiger partial charge in [-0.1, -0.05) is 6.07 Å². The number of carbonyl (C=O) groups is 1. The summed E-state index contributed by atoms with van der Waals surface area (Å²) in [5, 5.41) is 0. The summed E-state index contributed by atoms with van der Waals surface area (Å²) in [7, 11) is -3.86. The van der Waals surface area contributed by atoms with Gasteiger partial charge in [0, 0.05) is 6.54 Å². The SMILES string of the molecule is O=C1OC(CNS(=O)(=O)c2ccc(F)cc2)CN1c1cccc(F)c1. The second-order valence-electron chi connectivity index (χ2n) is 5.40. The number of halogens is 2. The molecule has 2 aromatic rings. The van der Waals surface area contributed by atoms with E-state index in [0.29, 0.717) is 5.69 Å². The monoisotopic (exact) mass is 368 g/mol. The molecule has 6 nitrogen and oxygen atoms in total. The Morgan fingerprint density at radius 3 is 2.52 bits per heavy atom. The average Bonchev–Trinajstić information content (AvgIpc) is 2.94. The van der Waals surface area contributed by atoms with Crippen molar-refractivity contribution in [1.29, 1.82) is 0 Å². The molecule has 2 aromatic carbocycles. The van der Waals surface area contributed by atoms with Crippen molar-refractivity contribution in [3.8, 4) is 0 Å². The molecule has 1 aliphatic heterocycles. The molecule has 25 heavy (non-hydrogen) atoms. The van der Waals surface area contributed by atoms with Gasteiger partial charge in [0.15, 0.2) is 0 Å². The van der Waals surface area contributed by atoms with Crippen LogP contribution in [0.1, 0.15) is 0 Å². The molecule has 132 valence electrons. The molecule has 0 radical (unpaired) electrons. The van der Waals surface area contributed by atoms with Crippen LogP contribution in [-0.4, -0.2) is 33.7 Å². The molecule has 1 saturated heterocycles. The lowest BCUT2D eigenvalue weighted by Gasteiger charge is -2.13. The molecule has 1 amide bonds. The maximum atomic E-state index is 13.3. The fourth-order valence-electron chi connectivity index (χ4n) is 2.38. The largest absolute Gasteiger partial charge is 0.443 e. The number of amides is 1. The normalized spacial score (nSPS) is 17.6. The van der Waals surface area contributed by atoms with Gasteiger partial charge in [-0.05, 0) is 42.5 Å².